The second-order valence-electron chi connectivity index (χ2n) is 7.52. The predicted octanol–water partition coefficient (Wildman–Crippen LogP) is 3.22. The van der Waals surface area contributed by atoms with E-state index in [1.807, 2.05) is 84.9 Å². The minimum atomic E-state index is -0.720. The molecule has 1 N–H and O–H groups in total. The van der Waals surface area contributed by atoms with Crippen LogP contribution in [0.15, 0.2) is 84.9 Å². The van der Waals surface area contributed by atoms with Crippen molar-refractivity contribution in [2.75, 3.05) is 0 Å². The topological polar surface area (TPSA) is 80.1 Å². The molecule has 2 atom stereocenters. The Hall–Kier alpha value is -4.00. The van der Waals surface area contributed by atoms with Gasteiger partial charge in [-0.15, -0.1) is 5.10 Å². The molecule has 1 fully saturated rings. The molecule has 0 spiro atoms. The number of β-lactam (4-membered cyclic amide) rings is 1. The Morgan fingerprint density at radius 1 is 0.968 bits per heavy atom. The third-order valence-electron chi connectivity index (χ3n) is 5.64. The summed E-state index contributed by atoms with van der Waals surface area (Å²) in [5.74, 6) is -0.288. The summed E-state index contributed by atoms with van der Waals surface area (Å²) < 4.78 is 1.64. The van der Waals surface area contributed by atoms with Crippen LogP contribution in [0.5, 0.6) is 0 Å². The lowest BCUT2D eigenvalue weighted by Gasteiger charge is -2.45. The fourth-order valence-corrected chi connectivity index (χ4v) is 4.07. The van der Waals surface area contributed by atoms with Gasteiger partial charge < -0.3 is 10.2 Å². The number of nitrogens with one attached hydrogen (secondary N) is 1. The second kappa shape index (κ2) is 8.02. The van der Waals surface area contributed by atoms with Crippen LogP contribution in [-0.4, -0.2) is 31.7 Å². The molecule has 1 aliphatic heterocycles. The van der Waals surface area contributed by atoms with Crippen LogP contribution in [0.4, 0.5) is 0 Å². The standard InChI is InChI=1S/C24H21N5O2/c30-22-15-21(17-9-3-1-4-10-17)29(22)23(18-11-5-2-6-12-18)24(31)25-16-28-20-14-8-7-13-19(20)26-27-28/h1-14,21,23H,15-16H2,(H,25,31). The zero-order valence-electron chi connectivity index (χ0n) is 16.8. The van der Waals surface area contributed by atoms with Gasteiger partial charge in [-0.1, -0.05) is 78.0 Å². The summed E-state index contributed by atoms with van der Waals surface area (Å²) in [4.78, 5) is 27.7. The summed E-state index contributed by atoms with van der Waals surface area (Å²) >= 11 is 0. The van der Waals surface area contributed by atoms with Gasteiger partial charge in [0.1, 0.15) is 18.2 Å². The molecule has 0 radical (unpaired) electrons. The van der Waals surface area contributed by atoms with E-state index in [-0.39, 0.29) is 24.5 Å². The molecule has 3 aromatic carbocycles. The second-order valence-corrected chi connectivity index (χ2v) is 7.52. The Kier molecular flexibility index (Phi) is 4.92. The third-order valence-corrected chi connectivity index (χ3v) is 5.64. The molecule has 2 unspecified atom stereocenters. The molecule has 0 aliphatic carbocycles. The zero-order valence-corrected chi connectivity index (χ0v) is 16.8. The normalized spacial score (nSPS) is 16.7. The molecule has 1 aliphatic rings. The summed E-state index contributed by atoms with van der Waals surface area (Å²) in [6.45, 7) is 0.167. The highest BCUT2D eigenvalue weighted by Gasteiger charge is 2.44. The fourth-order valence-electron chi connectivity index (χ4n) is 4.07. The van der Waals surface area contributed by atoms with Gasteiger partial charge in [-0.2, -0.15) is 0 Å². The van der Waals surface area contributed by atoms with Crippen molar-refractivity contribution < 1.29 is 9.59 Å². The van der Waals surface area contributed by atoms with Crippen LogP contribution in [0.3, 0.4) is 0 Å². The lowest BCUT2D eigenvalue weighted by atomic mass is 9.89. The molecule has 1 saturated heterocycles. The molecular weight excluding hydrogens is 390 g/mol. The Labute approximate surface area is 179 Å². The van der Waals surface area contributed by atoms with Gasteiger partial charge in [0.05, 0.1) is 18.0 Å². The molecule has 1 aromatic heterocycles. The van der Waals surface area contributed by atoms with Gasteiger partial charge in [-0.25, -0.2) is 4.68 Å². The van der Waals surface area contributed by atoms with Crippen molar-refractivity contribution in [3.63, 3.8) is 0 Å². The lowest BCUT2D eigenvalue weighted by molar-refractivity contribution is -0.156. The number of hydrogen-bond acceptors (Lipinski definition) is 4. The van der Waals surface area contributed by atoms with Crippen LogP contribution in [-0.2, 0) is 16.3 Å². The van der Waals surface area contributed by atoms with Crippen LogP contribution in [0.25, 0.3) is 11.0 Å². The fraction of sp³-hybridized carbons (Fsp3) is 0.167. The molecule has 2 heterocycles. The largest absolute Gasteiger partial charge is 0.335 e. The number of carbonyl (C=O) groups is 2. The average molecular weight is 411 g/mol. The Balaban J connectivity index is 1.42. The number of fused-ring (bicyclic) bond motifs is 1. The summed E-state index contributed by atoms with van der Waals surface area (Å²) in [7, 11) is 0. The summed E-state index contributed by atoms with van der Waals surface area (Å²) in [6.07, 6.45) is 0.397. The van der Waals surface area contributed by atoms with E-state index in [0.29, 0.717) is 6.42 Å². The molecule has 0 saturated carbocycles. The Morgan fingerprint density at radius 3 is 2.39 bits per heavy atom. The molecule has 31 heavy (non-hydrogen) atoms. The number of rotatable bonds is 6. The molecule has 4 aromatic rings. The third kappa shape index (κ3) is 3.54. The number of hydrogen-bond donors (Lipinski definition) is 1. The molecule has 154 valence electrons. The van der Waals surface area contributed by atoms with Crippen molar-refractivity contribution in [3.05, 3.63) is 96.1 Å². The van der Waals surface area contributed by atoms with Gasteiger partial charge in [-0.05, 0) is 23.3 Å². The Morgan fingerprint density at radius 2 is 1.65 bits per heavy atom. The number of amides is 2. The molecule has 5 rings (SSSR count). The number of benzene rings is 3. The lowest BCUT2D eigenvalue weighted by Crippen LogP contribution is -2.52. The first-order valence-electron chi connectivity index (χ1n) is 10.2. The first-order valence-corrected chi connectivity index (χ1v) is 10.2. The van der Waals surface area contributed by atoms with Crippen LogP contribution >= 0.6 is 0 Å². The minimum absolute atomic E-state index is 0.0379. The highest BCUT2D eigenvalue weighted by Crippen LogP contribution is 2.41. The smallest absolute Gasteiger partial charge is 0.248 e. The molecule has 0 bridgehead atoms. The average Bonchev–Trinajstić information content (AvgIpc) is 3.23. The van der Waals surface area contributed by atoms with E-state index >= 15 is 0 Å². The summed E-state index contributed by atoms with van der Waals surface area (Å²) in [6, 6.07) is 26.0. The van der Waals surface area contributed by atoms with E-state index in [2.05, 4.69) is 15.6 Å². The quantitative estimate of drug-likeness (QED) is 0.494. The maximum Gasteiger partial charge on any atom is 0.248 e. The van der Waals surface area contributed by atoms with Gasteiger partial charge >= 0.3 is 0 Å². The number of likely N-dealkylation sites (tertiary alicyclic amines) is 1. The maximum absolute atomic E-state index is 13.4. The number of aromatic nitrogens is 3. The van der Waals surface area contributed by atoms with Crippen LogP contribution < -0.4 is 5.32 Å². The molecule has 7 heteroatoms. The maximum atomic E-state index is 13.4. The van der Waals surface area contributed by atoms with E-state index in [9.17, 15) is 9.59 Å². The van der Waals surface area contributed by atoms with Crippen molar-refractivity contribution in [1.82, 2.24) is 25.2 Å². The number of para-hydroxylation sites is 1. The van der Waals surface area contributed by atoms with Gasteiger partial charge in [0, 0.05) is 0 Å². The first-order chi connectivity index (χ1) is 15.2. The number of nitrogens with zero attached hydrogens (tertiary/aromatic N) is 4. The van der Waals surface area contributed by atoms with E-state index in [4.69, 9.17) is 0 Å². The monoisotopic (exact) mass is 411 g/mol. The van der Waals surface area contributed by atoms with Gasteiger partial charge in [0.2, 0.25) is 11.8 Å². The van der Waals surface area contributed by atoms with Gasteiger partial charge in [-0.3, -0.25) is 9.59 Å². The van der Waals surface area contributed by atoms with E-state index < -0.39 is 6.04 Å². The van der Waals surface area contributed by atoms with Crippen molar-refractivity contribution in [2.24, 2.45) is 0 Å². The van der Waals surface area contributed by atoms with Gasteiger partial charge in [0.15, 0.2) is 0 Å². The van der Waals surface area contributed by atoms with Gasteiger partial charge in [0.25, 0.3) is 0 Å². The highest BCUT2D eigenvalue weighted by atomic mass is 16.2. The van der Waals surface area contributed by atoms with Crippen molar-refractivity contribution >= 4 is 22.8 Å². The van der Waals surface area contributed by atoms with Crippen molar-refractivity contribution in [3.8, 4) is 0 Å². The first kappa shape index (κ1) is 19.0. The zero-order chi connectivity index (χ0) is 21.2. The van der Waals surface area contributed by atoms with Crippen molar-refractivity contribution in [2.45, 2.75) is 25.2 Å². The Bertz CT molecular complexity index is 1220. The number of carbonyl (C=O) groups excluding carboxylic acids is 2. The van der Waals surface area contributed by atoms with Crippen LogP contribution in [0.2, 0.25) is 0 Å². The molecule has 7 nitrogen and oxygen atoms in total. The van der Waals surface area contributed by atoms with Crippen LogP contribution in [0.1, 0.15) is 29.6 Å². The summed E-state index contributed by atoms with van der Waals surface area (Å²) in [5.41, 5.74) is 3.40. The SMILES string of the molecule is O=C(NCn1nnc2ccccc21)C(c1ccccc1)N1C(=O)CC1c1ccccc1. The van der Waals surface area contributed by atoms with Crippen molar-refractivity contribution in [1.29, 1.82) is 0 Å². The molecule has 2 amide bonds. The van der Waals surface area contributed by atoms with E-state index in [1.54, 1.807) is 9.58 Å². The highest BCUT2D eigenvalue weighted by molar-refractivity contribution is 5.92. The van der Waals surface area contributed by atoms with Crippen LogP contribution in [0, 0.1) is 0 Å². The minimum Gasteiger partial charge on any atom is -0.335 e. The molecular formula is C24H21N5O2. The van der Waals surface area contributed by atoms with E-state index in [0.717, 1.165) is 22.2 Å². The predicted molar refractivity (Wildman–Crippen MR) is 115 cm³/mol. The van der Waals surface area contributed by atoms with E-state index in [1.165, 1.54) is 0 Å². The summed E-state index contributed by atoms with van der Waals surface area (Å²) in [5, 5.41) is 11.2.